The first-order valence-electron chi connectivity index (χ1n) is 22.1. The Morgan fingerprint density at radius 2 is 0.971 bits per heavy atom. The van der Waals surface area contributed by atoms with Crippen LogP contribution in [0.15, 0.2) is 177 Å². The zero-order chi connectivity index (χ0) is 48.5. The second kappa shape index (κ2) is 23.6. The zero-order valence-corrected chi connectivity index (χ0v) is 37.9. The molecule has 7 rings (SSSR count). The fourth-order valence-corrected chi connectivity index (χ4v) is 7.05. The van der Waals surface area contributed by atoms with Crippen LogP contribution in [0.1, 0.15) is 60.6 Å². The van der Waals surface area contributed by atoms with Crippen LogP contribution in [0.2, 0.25) is 0 Å². The lowest BCUT2D eigenvalue weighted by Crippen LogP contribution is -2.10. The van der Waals surface area contributed by atoms with Crippen LogP contribution in [0.4, 0.5) is 0 Å². The van der Waals surface area contributed by atoms with Crippen LogP contribution in [-0.2, 0) is 25.5 Å². The van der Waals surface area contributed by atoms with Gasteiger partial charge in [0.1, 0.15) is 28.7 Å². The minimum absolute atomic E-state index is 0.210. The van der Waals surface area contributed by atoms with Crippen LogP contribution < -0.4 is 23.7 Å². The van der Waals surface area contributed by atoms with E-state index in [-0.39, 0.29) is 13.2 Å². The van der Waals surface area contributed by atoms with Gasteiger partial charge in [0.2, 0.25) is 0 Å². The molecule has 0 saturated carbocycles. The molecule has 0 aromatic heterocycles. The predicted molar refractivity (Wildman–Crippen MR) is 260 cm³/mol. The van der Waals surface area contributed by atoms with Crippen molar-refractivity contribution in [1.82, 2.24) is 0 Å². The van der Waals surface area contributed by atoms with E-state index in [0.29, 0.717) is 77.9 Å². The molecule has 348 valence electrons. The maximum atomic E-state index is 13.7. The fourth-order valence-electron chi connectivity index (χ4n) is 7.05. The number of hydrogen-bond acceptors (Lipinski definition) is 12. The summed E-state index contributed by atoms with van der Waals surface area (Å²) in [6.07, 6.45) is 3.69. The smallest absolute Gasteiger partial charge is 0.343 e. The van der Waals surface area contributed by atoms with Gasteiger partial charge < -0.3 is 33.2 Å². The zero-order valence-electron chi connectivity index (χ0n) is 37.9. The summed E-state index contributed by atoms with van der Waals surface area (Å²) in [6.45, 7) is 9.79. The molecule has 0 aliphatic carbocycles. The lowest BCUT2D eigenvalue weighted by molar-refractivity contribution is -0.138. The molecule has 0 fully saturated rings. The van der Waals surface area contributed by atoms with E-state index in [2.05, 4.69) is 13.2 Å². The SMILES string of the molecule is C=CC(=O)OCCCOc1ccc(C(=O)Oc2ccc(-c3ccccc3Cc3cc(C)ccc3OC(=O)c3ccc4cc(OC(=O)c5ccc(OCCCOC(=O)C=C)cc5)ccc4c3)cc2)cc1. The molecule has 0 N–H and O–H groups in total. The molecule has 0 atom stereocenters. The largest absolute Gasteiger partial charge is 0.493 e. The maximum absolute atomic E-state index is 13.7. The summed E-state index contributed by atoms with van der Waals surface area (Å²) in [5.41, 5.74) is 5.74. The molecule has 0 unspecified atom stereocenters. The first-order valence-corrected chi connectivity index (χ1v) is 22.1. The van der Waals surface area contributed by atoms with Gasteiger partial charge in [-0.2, -0.15) is 0 Å². The fraction of sp³-hybridized carbons (Fsp3) is 0.140. The second-order valence-electron chi connectivity index (χ2n) is 15.6. The predicted octanol–water partition coefficient (Wildman–Crippen LogP) is 11.1. The Bertz CT molecular complexity index is 2970. The third-order valence-corrected chi connectivity index (χ3v) is 10.6. The third kappa shape index (κ3) is 13.6. The van der Waals surface area contributed by atoms with Crippen molar-refractivity contribution in [3.05, 3.63) is 210 Å². The van der Waals surface area contributed by atoms with E-state index in [0.717, 1.165) is 50.7 Å². The first-order chi connectivity index (χ1) is 33.5. The summed E-state index contributed by atoms with van der Waals surface area (Å²) in [7, 11) is 0. The lowest BCUT2D eigenvalue weighted by atomic mass is 9.94. The molecule has 12 nitrogen and oxygen atoms in total. The number of carbonyl (C=O) groups excluding carboxylic acids is 5. The molecule has 0 spiro atoms. The van der Waals surface area contributed by atoms with Gasteiger partial charge in [-0.25, -0.2) is 24.0 Å². The number of fused-ring (bicyclic) bond motifs is 1. The van der Waals surface area contributed by atoms with E-state index < -0.39 is 29.8 Å². The van der Waals surface area contributed by atoms with Crippen molar-refractivity contribution < 1.29 is 57.1 Å². The van der Waals surface area contributed by atoms with Gasteiger partial charge in [0, 0.05) is 31.4 Å². The second-order valence-corrected chi connectivity index (χ2v) is 15.6. The van der Waals surface area contributed by atoms with Gasteiger partial charge in [0.15, 0.2) is 0 Å². The van der Waals surface area contributed by atoms with E-state index in [9.17, 15) is 24.0 Å². The normalized spacial score (nSPS) is 10.6. The minimum atomic E-state index is -0.544. The molecule has 0 bridgehead atoms. The highest BCUT2D eigenvalue weighted by Crippen LogP contribution is 2.32. The third-order valence-electron chi connectivity index (χ3n) is 10.6. The van der Waals surface area contributed by atoms with Crippen LogP contribution >= 0.6 is 0 Å². The highest BCUT2D eigenvalue weighted by Gasteiger charge is 2.17. The summed E-state index contributed by atoms with van der Waals surface area (Å²) in [5.74, 6) is -0.278. The Morgan fingerprint density at radius 3 is 1.58 bits per heavy atom. The molecule has 0 aliphatic rings. The van der Waals surface area contributed by atoms with Crippen LogP contribution in [0.3, 0.4) is 0 Å². The van der Waals surface area contributed by atoms with Crippen LogP contribution in [0.5, 0.6) is 28.7 Å². The highest BCUT2D eigenvalue weighted by molar-refractivity contribution is 5.97. The van der Waals surface area contributed by atoms with Gasteiger partial charge in [-0.15, -0.1) is 0 Å². The molecular formula is C57H48O12. The van der Waals surface area contributed by atoms with Crippen LogP contribution in [0, 0.1) is 6.92 Å². The molecule has 0 aliphatic heterocycles. The Kier molecular flexibility index (Phi) is 16.5. The van der Waals surface area contributed by atoms with Crippen LogP contribution in [0.25, 0.3) is 21.9 Å². The first kappa shape index (κ1) is 48.2. The van der Waals surface area contributed by atoms with Gasteiger partial charge in [0.25, 0.3) is 0 Å². The Balaban J connectivity index is 0.941. The standard InChI is InChI=1S/C57H48O12/c1-4-53(58)65-32-8-30-63-47-22-17-40(18-23-47)55(60)67-49-26-15-39(16-27-49)51-11-7-6-10-44(51)36-46-34-38(3)12-29-52(46)69-57(62)45-14-13-43-37-50(28-21-42(43)35-45)68-56(61)41-19-24-48(25-20-41)64-31-9-33-66-54(59)5-2/h4-7,10-29,34-35,37H,1-2,8-9,30-33,36H2,3H3. The molecular weight excluding hydrogens is 877 g/mol. The minimum Gasteiger partial charge on any atom is -0.493 e. The summed E-state index contributed by atoms with van der Waals surface area (Å²) in [4.78, 5) is 61.9. The van der Waals surface area contributed by atoms with Gasteiger partial charge >= 0.3 is 29.8 Å². The summed E-state index contributed by atoms with van der Waals surface area (Å²) < 4.78 is 38.6. The topological polar surface area (TPSA) is 150 Å². The van der Waals surface area contributed by atoms with Crippen molar-refractivity contribution in [3.8, 4) is 39.9 Å². The van der Waals surface area contributed by atoms with Crippen LogP contribution in [-0.4, -0.2) is 56.3 Å². The quantitative estimate of drug-likeness (QED) is 0.0292. The monoisotopic (exact) mass is 924 g/mol. The molecule has 0 amide bonds. The number of esters is 5. The summed E-state index contributed by atoms with van der Waals surface area (Å²) in [5, 5.41) is 1.51. The molecule has 0 heterocycles. The van der Waals surface area contributed by atoms with E-state index >= 15 is 0 Å². The Labute approximate surface area is 399 Å². The highest BCUT2D eigenvalue weighted by atomic mass is 16.6. The van der Waals surface area contributed by atoms with Crippen molar-refractivity contribution in [2.24, 2.45) is 0 Å². The number of carbonyl (C=O) groups is 5. The van der Waals surface area contributed by atoms with E-state index in [4.69, 9.17) is 33.2 Å². The molecule has 69 heavy (non-hydrogen) atoms. The molecule has 12 heteroatoms. The van der Waals surface area contributed by atoms with Crippen molar-refractivity contribution in [2.45, 2.75) is 26.2 Å². The molecule has 7 aromatic carbocycles. The Hall–Kier alpha value is -8.77. The maximum Gasteiger partial charge on any atom is 0.343 e. The molecule has 0 radical (unpaired) electrons. The van der Waals surface area contributed by atoms with Crippen molar-refractivity contribution >= 4 is 40.6 Å². The van der Waals surface area contributed by atoms with E-state index in [1.165, 1.54) is 0 Å². The average Bonchev–Trinajstić information content (AvgIpc) is 3.37. The summed E-state index contributed by atoms with van der Waals surface area (Å²) in [6, 6.07) is 44.4. The average molecular weight is 925 g/mol. The number of ether oxygens (including phenoxy) is 7. The van der Waals surface area contributed by atoms with Crippen molar-refractivity contribution in [1.29, 1.82) is 0 Å². The number of rotatable bonds is 21. The van der Waals surface area contributed by atoms with Crippen molar-refractivity contribution in [2.75, 3.05) is 26.4 Å². The number of hydrogen-bond donors (Lipinski definition) is 0. The van der Waals surface area contributed by atoms with Gasteiger partial charge in [0.05, 0.1) is 43.1 Å². The number of aryl methyl sites for hydroxylation is 1. The lowest BCUT2D eigenvalue weighted by Gasteiger charge is -2.15. The van der Waals surface area contributed by atoms with E-state index in [1.807, 2.05) is 55.5 Å². The van der Waals surface area contributed by atoms with Gasteiger partial charge in [-0.3, -0.25) is 0 Å². The van der Waals surface area contributed by atoms with Gasteiger partial charge in [-0.05, 0) is 131 Å². The van der Waals surface area contributed by atoms with Gasteiger partial charge in [-0.1, -0.05) is 79.4 Å². The van der Waals surface area contributed by atoms with E-state index in [1.54, 1.807) is 103 Å². The molecule has 0 saturated heterocycles. The number of benzene rings is 7. The van der Waals surface area contributed by atoms with Crippen molar-refractivity contribution in [3.63, 3.8) is 0 Å². The Morgan fingerprint density at radius 1 is 0.464 bits per heavy atom. The molecule has 7 aromatic rings. The summed E-state index contributed by atoms with van der Waals surface area (Å²) >= 11 is 0.